The van der Waals surface area contributed by atoms with Gasteiger partial charge in [0, 0.05) is 25.0 Å². The van der Waals surface area contributed by atoms with Crippen molar-refractivity contribution in [2.24, 2.45) is 5.92 Å². The van der Waals surface area contributed by atoms with Gasteiger partial charge >= 0.3 is 0 Å². The molecule has 1 aromatic heterocycles. The topological polar surface area (TPSA) is 57.8 Å². The van der Waals surface area contributed by atoms with E-state index in [-0.39, 0.29) is 18.7 Å². The van der Waals surface area contributed by atoms with Crippen molar-refractivity contribution in [3.8, 4) is 0 Å². The smallest absolute Gasteiger partial charge is 0.251 e. The monoisotopic (exact) mass is 229 g/mol. The van der Waals surface area contributed by atoms with Gasteiger partial charge in [-0.05, 0) is 12.8 Å². The predicted molar refractivity (Wildman–Crippen MR) is 54.1 cm³/mol. The predicted octanol–water partition coefficient (Wildman–Crippen LogP) is 2.17. The van der Waals surface area contributed by atoms with Gasteiger partial charge in [0.2, 0.25) is 5.91 Å². The van der Waals surface area contributed by atoms with Gasteiger partial charge in [0.05, 0.1) is 11.9 Å². The van der Waals surface area contributed by atoms with Crippen molar-refractivity contribution in [3.63, 3.8) is 0 Å². The summed E-state index contributed by atoms with van der Waals surface area (Å²) in [5, 5.41) is 8.70. The van der Waals surface area contributed by atoms with Crippen LogP contribution in [0.25, 0.3) is 0 Å². The fourth-order valence-corrected chi connectivity index (χ4v) is 2.01. The van der Waals surface area contributed by atoms with E-state index < -0.39 is 11.8 Å². The summed E-state index contributed by atoms with van der Waals surface area (Å²) in [6.07, 6.45) is 3.63. The number of rotatable bonds is 3. The maximum absolute atomic E-state index is 13.2. The maximum atomic E-state index is 13.2. The number of amides is 1. The van der Waals surface area contributed by atoms with Crippen LogP contribution in [0.4, 0.5) is 14.5 Å². The number of carbonyl (C=O) groups excluding carboxylic acids is 1. The summed E-state index contributed by atoms with van der Waals surface area (Å²) in [6, 6.07) is 0. The molecule has 1 fully saturated rings. The minimum Gasteiger partial charge on any atom is -0.323 e. The van der Waals surface area contributed by atoms with Gasteiger partial charge in [-0.15, -0.1) is 0 Å². The molecule has 1 unspecified atom stereocenters. The van der Waals surface area contributed by atoms with Crippen LogP contribution < -0.4 is 5.32 Å². The molecule has 2 rings (SSSR count). The second-order valence-corrected chi connectivity index (χ2v) is 4.09. The summed E-state index contributed by atoms with van der Waals surface area (Å²) in [4.78, 5) is 11.5. The molecule has 0 saturated heterocycles. The number of hydrogen-bond donors (Lipinski definition) is 2. The molecule has 1 aliphatic rings. The lowest BCUT2D eigenvalue weighted by Crippen LogP contribution is -2.26. The average Bonchev–Trinajstić information content (AvgIpc) is 2.78. The molecule has 6 heteroatoms. The Hall–Kier alpha value is -1.46. The number of nitrogens with one attached hydrogen (secondary N) is 2. The van der Waals surface area contributed by atoms with E-state index in [1.807, 2.05) is 0 Å². The number of anilines is 1. The maximum Gasteiger partial charge on any atom is 0.251 e. The molecule has 88 valence electrons. The zero-order chi connectivity index (χ0) is 11.6. The van der Waals surface area contributed by atoms with Crippen LogP contribution >= 0.6 is 0 Å². The van der Waals surface area contributed by atoms with Crippen molar-refractivity contribution in [1.82, 2.24) is 10.2 Å². The van der Waals surface area contributed by atoms with Crippen LogP contribution in [0.3, 0.4) is 0 Å². The van der Waals surface area contributed by atoms with Gasteiger partial charge in [-0.25, -0.2) is 8.78 Å². The lowest BCUT2D eigenvalue weighted by Gasteiger charge is -2.17. The molecule has 0 spiro atoms. The molecule has 1 atom stereocenters. The highest BCUT2D eigenvalue weighted by Gasteiger charge is 2.44. The van der Waals surface area contributed by atoms with E-state index in [4.69, 9.17) is 0 Å². The van der Waals surface area contributed by atoms with E-state index in [0.29, 0.717) is 18.5 Å². The fourth-order valence-electron chi connectivity index (χ4n) is 2.01. The van der Waals surface area contributed by atoms with Crippen molar-refractivity contribution in [1.29, 1.82) is 0 Å². The molecule has 1 aliphatic carbocycles. The molecule has 4 nitrogen and oxygen atoms in total. The molecule has 0 aromatic carbocycles. The summed E-state index contributed by atoms with van der Waals surface area (Å²) < 4.78 is 26.5. The van der Waals surface area contributed by atoms with Crippen molar-refractivity contribution < 1.29 is 13.6 Å². The van der Waals surface area contributed by atoms with E-state index in [0.717, 1.165) is 0 Å². The first-order valence-corrected chi connectivity index (χ1v) is 5.24. The molecular formula is C10H13F2N3O. The minimum absolute atomic E-state index is 0.101. The first-order chi connectivity index (χ1) is 7.58. The Kier molecular flexibility index (Phi) is 2.89. The Labute approximate surface area is 91.4 Å². The molecule has 1 amide bonds. The number of nitrogens with zero attached hydrogens (tertiary/aromatic N) is 1. The first-order valence-electron chi connectivity index (χ1n) is 5.24. The second kappa shape index (κ2) is 4.19. The van der Waals surface area contributed by atoms with Gasteiger partial charge in [0.15, 0.2) is 0 Å². The normalized spacial score (nSPS) is 23.2. The number of alkyl halides is 2. The van der Waals surface area contributed by atoms with Crippen molar-refractivity contribution in [3.05, 3.63) is 12.4 Å². The molecule has 1 aromatic rings. The second-order valence-electron chi connectivity index (χ2n) is 4.09. The lowest BCUT2D eigenvalue weighted by molar-refractivity contribution is -0.120. The van der Waals surface area contributed by atoms with E-state index in [1.165, 1.54) is 12.4 Å². The van der Waals surface area contributed by atoms with Crippen molar-refractivity contribution in [2.75, 3.05) is 5.32 Å². The van der Waals surface area contributed by atoms with Crippen LogP contribution in [0.15, 0.2) is 12.4 Å². The Morgan fingerprint density at radius 2 is 2.50 bits per heavy atom. The summed E-state index contributed by atoms with van der Waals surface area (Å²) in [5.74, 6) is -3.89. The van der Waals surface area contributed by atoms with Gasteiger partial charge in [0.25, 0.3) is 5.92 Å². The number of aromatic nitrogens is 2. The van der Waals surface area contributed by atoms with E-state index in [9.17, 15) is 13.6 Å². The Morgan fingerprint density at radius 3 is 3.06 bits per heavy atom. The van der Waals surface area contributed by atoms with Crippen LogP contribution in [0.1, 0.15) is 25.7 Å². The first kappa shape index (κ1) is 11.0. The third kappa shape index (κ3) is 2.37. The third-order valence-corrected chi connectivity index (χ3v) is 2.87. The van der Waals surface area contributed by atoms with E-state index in [2.05, 4.69) is 15.5 Å². The van der Waals surface area contributed by atoms with E-state index in [1.54, 1.807) is 0 Å². The summed E-state index contributed by atoms with van der Waals surface area (Å²) in [7, 11) is 0. The van der Waals surface area contributed by atoms with Crippen LogP contribution in [-0.4, -0.2) is 22.0 Å². The summed E-state index contributed by atoms with van der Waals surface area (Å²) >= 11 is 0. The molecule has 0 radical (unpaired) electrons. The van der Waals surface area contributed by atoms with Gasteiger partial charge in [-0.1, -0.05) is 0 Å². The molecule has 1 saturated carbocycles. The largest absolute Gasteiger partial charge is 0.323 e. The van der Waals surface area contributed by atoms with Gasteiger partial charge in [0.1, 0.15) is 0 Å². The zero-order valence-electron chi connectivity index (χ0n) is 8.67. The summed E-state index contributed by atoms with van der Waals surface area (Å²) in [6.45, 7) is 0. The highest BCUT2D eigenvalue weighted by molar-refractivity contribution is 5.90. The number of hydrogen-bond acceptors (Lipinski definition) is 2. The van der Waals surface area contributed by atoms with Crippen LogP contribution in [-0.2, 0) is 4.79 Å². The Bertz CT molecular complexity index is 364. The van der Waals surface area contributed by atoms with E-state index >= 15 is 0 Å². The number of aromatic amines is 1. The standard InChI is InChI=1S/C10H13F2N3O/c11-10(12)3-1-2-7(10)4-9(16)15-8-5-13-14-6-8/h5-7H,1-4H2,(H,13,14)(H,15,16). The highest BCUT2D eigenvalue weighted by atomic mass is 19.3. The zero-order valence-corrected chi connectivity index (χ0v) is 8.67. The molecule has 16 heavy (non-hydrogen) atoms. The minimum atomic E-state index is -2.69. The highest BCUT2D eigenvalue weighted by Crippen LogP contribution is 2.42. The molecule has 1 heterocycles. The Balaban J connectivity index is 1.88. The SMILES string of the molecule is O=C(CC1CCCC1(F)F)Nc1cn[nH]c1. The van der Waals surface area contributed by atoms with Gasteiger partial charge < -0.3 is 5.32 Å². The van der Waals surface area contributed by atoms with Gasteiger partial charge in [-0.2, -0.15) is 5.10 Å². The Morgan fingerprint density at radius 1 is 1.69 bits per heavy atom. The summed E-state index contributed by atoms with van der Waals surface area (Å²) in [5.41, 5.74) is 0.506. The quantitative estimate of drug-likeness (QED) is 0.834. The van der Waals surface area contributed by atoms with Crippen molar-refractivity contribution in [2.45, 2.75) is 31.6 Å². The molecular weight excluding hydrogens is 216 g/mol. The van der Waals surface area contributed by atoms with Crippen LogP contribution in [0.5, 0.6) is 0 Å². The van der Waals surface area contributed by atoms with Crippen LogP contribution in [0, 0.1) is 5.92 Å². The third-order valence-electron chi connectivity index (χ3n) is 2.87. The molecule has 0 bridgehead atoms. The van der Waals surface area contributed by atoms with Crippen LogP contribution in [0.2, 0.25) is 0 Å². The molecule has 2 N–H and O–H groups in total. The van der Waals surface area contributed by atoms with Crippen molar-refractivity contribution >= 4 is 11.6 Å². The number of carbonyl (C=O) groups is 1. The molecule has 0 aliphatic heterocycles. The lowest BCUT2D eigenvalue weighted by atomic mass is 10.0. The number of H-pyrrole nitrogens is 1. The van der Waals surface area contributed by atoms with Gasteiger partial charge in [-0.3, -0.25) is 9.89 Å². The average molecular weight is 229 g/mol. The fraction of sp³-hybridized carbons (Fsp3) is 0.600. The number of halogens is 2.